The first-order valence-electron chi connectivity index (χ1n) is 13.0. The van der Waals surface area contributed by atoms with Crippen molar-refractivity contribution < 1.29 is 14.3 Å². The third-order valence-corrected chi connectivity index (χ3v) is 8.01. The number of para-hydroxylation sites is 1. The van der Waals surface area contributed by atoms with Gasteiger partial charge in [-0.05, 0) is 61.7 Å². The number of allylic oxidation sites excluding steroid dienone is 1. The number of hydrogen-bond donors (Lipinski definition) is 0. The van der Waals surface area contributed by atoms with Gasteiger partial charge >= 0.3 is 5.97 Å². The second kappa shape index (κ2) is 10.8. The molecule has 40 heavy (non-hydrogen) atoms. The second-order valence-electron chi connectivity index (χ2n) is 9.53. The van der Waals surface area contributed by atoms with Crippen molar-refractivity contribution in [3.8, 4) is 23.3 Å². The Labute approximate surface area is 234 Å². The van der Waals surface area contributed by atoms with Crippen LogP contribution in [0, 0.1) is 18.3 Å². The fourth-order valence-corrected chi connectivity index (χ4v) is 5.96. The van der Waals surface area contributed by atoms with Gasteiger partial charge in [-0.3, -0.25) is 0 Å². The Bertz CT molecular complexity index is 1790. The van der Waals surface area contributed by atoms with Gasteiger partial charge in [-0.2, -0.15) is 10.4 Å². The van der Waals surface area contributed by atoms with Crippen molar-refractivity contribution in [2.45, 2.75) is 39.2 Å². The van der Waals surface area contributed by atoms with Crippen LogP contribution in [-0.2, 0) is 13.0 Å². The van der Waals surface area contributed by atoms with Crippen LogP contribution in [-0.4, -0.2) is 37.6 Å². The van der Waals surface area contributed by atoms with Crippen molar-refractivity contribution in [1.29, 1.82) is 5.26 Å². The first-order chi connectivity index (χ1) is 19.6. The number of aromatic nitrogens is 5. The lowest BCUT2D eigenvalue weighted by molar-refractivity contribution is 0.0735. The third kappa shape index (κ3) is 4.76. The quantitative estimate of drug-likeness (QED) is 0.145. The highest BCUT2D eigenvalue weighted by atomic mass is 32.1. The molecule has 0 aliphatic carbocycles. The van der Waals surface area contributed by atoms with Gasteiger partial charge in [0.05, 0.1) is 24.1 Å². The molecular weight excluding hydrogens is 524 g/mol. The van der Waals surface area contributed by atoms with E-state index in [-0.39, 0.29) is 0 Å². The smallest absolute Gasteiger partial charge is 0.353 e. The first-order valence-corrected chi connectivity index (χ1v) is 13.9. The summed E-state index contributed by atoms with van der Waals surface area (Å²) < 4.78 is 15.2. The number of carbonyl (C=O) groups excluding carboxylic acids is 1. The van der Waals surface area contributed by atoms with Crippen molar-refractivity contribution in [2.75, 3.05) is 7.11 Å². The summed E-state index contributed by atoms with van der Waals surface area (Å²) >= 11 is 1.33. The van der Waals surface area contributed by atoms with Gasteiger partial charge in [0.15, 0.2) is 17.3 Å². The zero-order valence-corrected chi connectivity index (χ0v) is 22.9. The Balaban J connectivity index is 1.26. The van der Waals surface area contributed by atoms with Gasteiger partial charge in [-0.15, -0.1) is 21.5 Å². The molecule has 0 N–H and O–H groups in total. The van der Waals surface area contributed by atoms with Crippen LogP contribution >= 0.6 is 11.3 Å². The molecular formula is C30H26N6O3S. The summed E-state index contributed by atoms with van der Waals surface area (Å²) in [4.78, 5) is 14.5. The fourth-order valence-electron chi connectivity index (χ4n) is 4.90. The molecule has 2 aromatic carbocycles. The molecule has 1 aliphatic rings. The summed E-state index contributed by atoms with van der Waals surface area (Å²) in [6.07, 6.45) is 5.87. The average molecular weight is 551 g/mol. The summed E-state index contributed by atoms with van der Waals surface area (Å²) in [7, 11) is 1.51. The molecule has 3 aromatic heterocycles. The molecule has 1 aliphatic heterocycles. The minimum atomic E-state index is -0.481. The van der Waals surface area contributed by atoms with Crippen LogP contribution < -0.4 is 9.47 Å². The summed E-state index contributed by atoms with van der Waals surface area (Å²) in [6, 6.07) is 19.1. The molecule has 9 nitrogen and oxygen atoms in total. The zero-order chi connectivity index (χ0) is 27.6. The number of fused-ring (bicyclic) bond motifs is 2. The molecule has 0 saturated heterocycles. The summed E-state index contributed by atoms with van der Waals surface area (Å²) in [6.45, 7) is 2.72. The lowest BCUT2D eigenvalue weighted by Gasteiger charge is -2.10. The number of thiophene rings is 1. The van der Waals surface area contributed by atoms with E-state index in [0.717, 1.165) is 65.2 Å². The van der Waals surface area contributed by atoms with E-state index in [1.807, 2.05) is 52.6 Å². The number of esters is 1. The van der Waals surface area contributed by atoms with Crippen LogP contribution in [0.2, 0.25) is 0 Å². The Morgan fingerprint density at radius 1 is 1.07 bits per heavy atom. The molecule has 5 aromatic rings. The van der Waals surface area contributed by atoms with Crippen LogP contribution in [0.25, 0.3) is 27.6 Å². The normalized spacial score (nSPS) is 13.5. The number of nitriles is 1. The first kappa shape index (κ1) is 25.5. The highest BCUT2D eigenvalue weighted by Gasteiger charge is 2.21. The standard InChI is InChI=1S/C30H26N6O3S/c1-19-23-17-26(40-29(23)36(34-19)22-9-5-3-6-10-22)30(37)39-24-13-12-20(16-25(24)38-2)15-21(18-31)28-33-32-27-11-7-4-8-14-35(27)28/h3,5-6,9-10,12-13,15-17H,4,7-8,11,14H2,1-2H3. The van der Waals surface area contributed by atoms with Crippen molar-refractivity contribution in [1.82, 2.24) is 24.5 Å². The molecule has 0 bridgehead atoms. The average Bonchev–Trinajstić information content (AvgIpc) is 3.63. The van der Waals surface area contributed by atoms with E-state index in [1.54, 1.807) is 24.3 Å². The number of carbonyl (C=O) groups is 1. The van der Waals surface area contributed by atoms with Crippen molar-refractivity contribution in [2.24, 2.45) is 0 Å². The molecule has 0 radical (unpaired) electrons. The largest absolute Gasteiger partial charge is 0.493 e. The molecule has 0 saturated carbocycles. The van der Waals surface area contributed by atoms with Gasteiger partial charge in [0.1, 0.15) is 21.6 Å². The van der Waals surface area contributed by atoms with Gasteiger partial charge in [0, 0.05) is 18.4 Å². The van der Waals surface area contributed by atoms with Crippen LogP contribution in [0.1, 0.15) is 51.8 Å². The molecule has 0 fully saturated rings. The van der Waals surface area contributed by atoms with Gasteiger partial charge in [0.25, 0.3) is 0 Å². The predicted octanol–water partition coefficient (Wildman–Crippen LogP) is 6.01. The summed E-state index contributed by atoms with van der Waals surface area (Å²) in [5.74, 6) is 1.68. The number of ether oxygens (including phenoxy) is 2. The van der Waals surface area contributed by atoms with Gasteiger partial charge in [-0.25, -0.2) is 9.48 Å². The van der Waals surface area contributed by atoms with Crippen LogP contribution in [0.4, 0.5) is 0 Å². The van der Waals surface area contributed by atoms with Crippen molar-refractivity contribution >= 4 is 39.2 Å². The minimum absolute atomic E-state index is 0.290. The van der Waals surface area contributed by atoms with Crippen LogP contribution in [0.5, 0.6) is 11.5 Å². The third-order valence-electron chi connectivity index (χ3n) is 6.92. The minimum Gasteiger partial charge on any atom is -0.493 e. The van der Waals surface area contributed by atoms with E-state index in [9.17, 15) is 10.1 Å². The Kier molecular flexibility index (Phi) is 6.88. The molecule has 0 unspecified atom stereocenters. The number of benzene rings is 2. The fraction of sp³-hybridized carbons (Fsp3) is 0.233. The number of methoxy groups -OCH3 is 1. The number of nitrogens with zero attached hydrogens (tertiary/aromatic N) is 6. The zero-order valence-electron chi connectivity index (χ0n) is 22.1. The number of hydrogen-bond acceptors (Lipinski definition) is 8. The lowest BCUT2D eigenvalue weighted by atomic mass is 10.1. The Morgan fingerprint density at radius 2 is 1.93 bits per heavy atom. The highest BCUT2D eigenvalue weighted by Crippen LogP contribution is 2.34. The maximum absolute atomic E-state index is 13.2. The molecule has 0 amide bonds. The molecule has 0 atom stereocenters. The second-order valence-corrected chi connectivity index (χ2v) is 10.6. The van der Waals surface area contributed by atoms with E-state index in [2.05, 4.69) is 21.4 Å². The molecule has 6 rings (SSSR count). The van der Waals surface area contributed by atoms with E-state index < -0.39 is 5.97 Å². The topological polar surface area (TPSA) is 108 Å². The van der Waals surface area contributed by atoms with Gasteiger partial charge in [0.2, 0.25) is 0 Å². The van der Waals surface area contributed by atoms with Gasteiger partial charge in [-0.1, -0.05) is 30.7 Å². The summed E-state index contributed by atoms with van der Waals surface area (Å²) in [5.41, 5.74) is 2.90. The number of aryl methyl sites for hydroxylation is 2. The molecule has 4 heterocycles. The molecule has 10 heteroatoms. The summed E-state index contributed by atoms with van der Waals surface area (Å²) in [5, 5.41) is 24.1. The monoisotopic (exact) mass is 550 g/mol. The molecule has 200 valence electrons. The SMILES string of the molecule is COc1cc(C=C(C#N)c2nnc3n2CCCCC3)ccc1OC(=O)c1cc2c(C)nn(-c3ccccc3)c2s1. The van der Waals surface area contributed by atoms with E-state index in [0.29, 0.717) is 27.8 Å². The number of rotatable bonds is 6. The maximum Gasteiger partial charge on any atom is 0.353 e. The molecule has 0 spiro atoms. The Hall–Kier alpha value is -4.75. The van der Waals surface area contributed by atoms with Crippen molar-refractivity contribution in [3.05, 3.63) is 82.4 Å². The van der Waals surface area contributed by atoms with Crippen LogP contribution in [0.15, 0.2) is 54.6 Å². The predicted molar refractivity (Wildman–Crippen MR) is 153 cm³/mol. The van der Waals surface area contributed by atoms with E-state index >= 15 is 0 Å². The van der Waals surface area contributed by atoms with E-state index in [1.165, 1.54) is 18.4 Å². The maximum atomic E-state index is 13.2. The van der Waals surface area contributed by atoms with Crippen molar-refractivity contribution in [3.63, 3.8) is 0 Å². The Morgan fingerprint density at radius 3 is 2.73 bits per heavy atom. The highest BCUT2D eigenvalue weighted by molar-refractivity contribution is 7.20. The van der Waals surface area contributed by atoms with E-state index in [4.69, 9.17) is 9.47 Å². The van der Waals surface area contributed by atoms with Gasteiger partial charge < -0.3 is 14.0 Å². The van der Waals surface area contributed by atoms with Crippen LogP contribution in [0.3, 0.4) is 0 Å². The lowest BCUT2D eigenvalue weighted by Crippen LogP contribution is -2.07.